The Hall–Kier alpha value is -2.07. The van der Waals surface area contributed by atoms with Gasteiger partial charge in [-0.05, 0) is 43.2 Å². The molecule has 4 nitrogen and oxygen atoms in total. The third kappa shape index (κ3) is 3.16. The molecule has 0 spiro atoms. The van der Waals surface area contributed by atoms with Crippen LogP contribution in [-0.2, 0) is 6.54 Å². The number of rotatable bonds is 4. The second kappa shape index (κ2) is 5.74. The molecule has 0 aliphatic heterocycles. The van der Waals surface area contributed by atoms with Crippen LogP contribution in [0.1, 0.15) is 28.9 Å². The Labute approximate surface area is 128 Å². The van der Waals surface area contributed by atoms with Crippen LogP contribution in [0.5, 0.6) is 0 Å². The Bertz CT molecular complexity index is 656. The first-order valence-electron chi connectivity index (χ1n) is 6.91. The number of pyridine rings is 1. The van der Waals surface area contributed by atoms with Crippen molar-refractivity contribution in [2.75, 3.05) is 5.73 Å². The van der Waals surface area contributed by atoms with Gasteiger partial charge in [-0.25, -0.2) is 0 Å². The maximum Gasteiger partial charge on any atom is 0.256 e. The normalized spacial score (nSPS) is 14.0. The third-order valence-corrected chi connectivity index (χ3v) is 3.86. The van der Waals surface area contributed by atoms with Crippen LogP contribution in [0.15, 0.2) is 42.6 Å². The van der Waals surface area contributed by atoms with Crippen LogP contribution in [0, 0.1) is 0 Å². The lowest BCUT2D eigenvalue weighted by molar-refractivity contribution is 0.0728. The predicted molar refractivity (Wildman–Crippen MR) is 83.0 cm³/mol. The zero-order valence-corrected chi connectivity index (χ0v) is 12.3. The highest BCUT2D eigenvalue weighted by atomic mass is 35.5. The van der Waals surface area contributed by atoms with Gasteiger partial charge < -0.3 is 10.6 Å². The van der Waals surface area contributed by atoms with E-state index in [-0.39, 0.29) is 11.9 Å². The molecule has 1 aromatic heterocycles. The predicted octanol–water partition coefficient (Wildman–Crippen LogP) is 3.12. The number of hydrogen-bond donors (Lipinski definition) is 1. The number of benzene rings is 1. The zero-order chi connectivity index (χ0) is 14.8. The van der Waals surface area contributed by atoms with Crippen LogP contribution in [-0.4, -0.2) is 21.8 Å². The molecule has 0 atom stereocenters. The van der Waals surface area contributed by atoms with Gasteiger partial charge in [-0.2, -0.15) is 0 Å². The van der Waals surface area contributed by atoms with E-state index in [4.69, 9.17) is 17.3 Å². The highest BCUT2D eigenvalue weighted by Crippen LogP contribution is 2.31. The summed E-state index contributed by atoms with van der Waals surface area (Å²) in [7, 11) is 0. The number of aromatic nitrogens is 1. The summed E-state index contributed by atoms with van der Waals surface area (Å²) in [5, 5.41) is 0.431. The molecule has 1 saturated carbocycles. The van der Waals surface area contributed by atoms with E-state index >= 15 is 0 Å². The van der Waals surface area contributed by atoms with Crippen LogP contribution in [0.4, 0.5) is 5.69 Å². The van der Waals surface area contributed by atoms with Gasteiger partial charge in [-0.15, -0.1) is 0 Å². The summed E-state index contributed by atoms with van der Waals surface area (Å²) in [5.41, 5.74) is 7.64. The second-order valence-electron chi connectivity index (χ2n) is 5.22. The Morgan fingerprint density at radius 2 is 2.14 bits per heavy atom. The summed E-state index contributed by atoms with van der Waals surface area (Å²) >= 11 is 6.14. The van der Waals surface area contributed by atoms with E-state index in [1.807, 2.05) is 23.1 Å². The molecule has 108 valence electrons. The van der Waals surface area contributed by atoms with Crippen molar-refractivity contribution in [3.05, 3.63) is 58.9 Å². The minimum Gasteiger partial charge on any atom is -0.399 e. The first kappa shape index (κ1) is 13.9. The van der Waals surface area contributed by atoms with Crippen molar-refractivity contribution in [1.82, 2.24) is 9.88 Å². The number of carbonyl (C=O) groups is 1. The van der Waals surface area contributed by atoms with Crippen molar-refractivity contribution in [3.8, 4) is 0 Å². The minimum atomic E-state index is -0.0829. The molecule has 5 heteroatoms. The number of nitrogen functional groups attached to an aromatic ring is 1. The van der Waals surface area contributed by atoms with Crippen LogP contribution >= 0.6 is 11.6 Å². The molecule has 1 heterocycles. The maximum absolute atomic E-state index is 12.8. The van der Waals surface area contributed by atoms with Gasteiger partial charge in [0.15, 0.2) is 0 Å². The van der Waals surface area contributed by atoms with E-state index in [1.54, 1.807) is 24.4 Å². The molecule has 0 unspecified atom stereocenters. The Morgan fingerprint density at radius 3 is 2.81 bits per heavy atom. The summed E-state index contributed by atoms with van der Waals surface area (Å²) in [6, 6.07) is 11.0. The highest BCUT2D eigenvalue weighted by molar-refractivity contribution is 6.34. The molecule has 1 aliphatic rings. The average Bonchev–Trinajstić information content (AvgIpc) is 3.32. The van der Waals surface area contributed by atoms with E-state index < -0.39 is 0 Å². The van der Waals surface area contributed by atoms with Crippen LogP contribution in [0.25, 0.3) is 0 Å². The van der Waals surface area contributed by atoms with Crippen LogP contribution in [0.3, 0.4) is 0 Å². The summed E-state index contributed by atoms with van der Waals surface area (Å²) in [5.74, 6) is -0.0829. The lowest BCUT2D eigenvalue weighted by Crippen LogP contribution is -2.33. The number of hydrogen-bond acceptors (Lipinski definition) is 3. The van der Waals surface area contributed by atoms with Gasteiger partial charge in [0.05, 0.1) is 22.8 Å². The summed E-state index contributed by atoms with van der Waals surface area (Å²) in [4.78, 5) is 18.9. The molecule has 0 radical (unpaired) electrons. The molecular weight excluding hydrogens is 286 g/mol. The van der Waals surface area contributed by atoms with Gasteiger partial charge >= 0.3 is 0 Å². The Balaban J connectivity index is 1.87. The number of halogens is 1. The smallest absolute Gasteiger partial charge is 0.256 e. The fourth-order valence-corrected chi connectivity index (χ4v) is 2.48. The van der Waals surface area contributed by atoms with Crippen LogP contribution < -0.4 is 5.73 Å². The quantitative estimate of drug-likeness (QED) is 0.883. The molecule has 0 bridgehead atoms. The molecule has 1 fully saturated rings. The van der Waals surface area contributed by atoms with Crippen molar-refractivity contribution < 1.29 is 4.79 Å². The summed E-state index contributed by atoms with van der Waals surface area (Å²) in [6.45, 7) is 0.496. The van der Waals surface area contributed by atoms with E-state index in [2.05, 4.69) is 4.98 Å². The highest BCUT2D eigenvalue weighted by Gasteiger charge is 2.34. The van der Waals surface area contributed by atoms with E-state index in [0.717, 1.165) is 18.5 Å². The molecule has 21 heavy (non-hydrogen) atoms. The van der Waals surface area contributed by atoms with Crippen molar-refractivity contribution in [2.24, 2.45) is 0 Å². The summed E-state index contributed by atoms with van der Waals surface area (Å²) < 4.78 is 0. The SMILES string of the molecule is Nc1ccc(Cl)c(C(=O)N(Cc2ccccn2)C2CC2)c1. The molecule has 1 amide bonds. The van der Waals surface area contributed by atoms with Crippen molar-refractivity contribution in [2.45, 2.75) is 25.4 Å². The molecule has 2 aromatic rings. The first-order valence-corrected chi connectivity index (χ1v) is 7.29. The minimum absolute atomic E-state index is 0.0829. The molecular formula is C16H16ClN3O. The van der Waals surface area contributed by atoms with Crippen molar-refractivity contribution >= 4 is 23.2 Å². The standard InChI is InChI=1S/C16H16ClN3O/c17-15-7-4-11(18)9-14(15)16(21)20(13-5-6-13)10-12-3-1-2-8-19-12/h1-4,7-9,13H,5-6,10,18H2. The van der Waals surface area contributed by atoms with Crippen molar-refractivity contribution in [3.63, 3.8) is 0 Å². The number of carbonyl (C=O) groups excluding carboxylic acids is 1. The summed E-state index contributed by atoms with van der Waals surface area (Å²) in [6.07, 6.45) is 3.79. The average molecular weight is 302 g/mol. The van der Waals surface area contributed by atoms with Gasteiger partial charge in [0.1, 0.15) is 0 Å². The number of nitrogens with zero attached hydrogens (tertiary/aromatic N) is 2. The van der Waals surface area contributed by atoms with E-state index in [0.29, 0.717) is 22.8 Å². The van der Waals surface area contributed by atoms with Gasteiger partial charge in [0.25, 0.3) is 5.91 Å². The van der Waals surface area contributed by atoms with E-state index in [9.17, 15) is 4.79 Å². The zero-order valence-electron chi connectivity index (χ0n) is 11.5. The molecule has 3 rings (SSSR count). The fraction of sp³-hybridized carbons (Fsp3) is 0.250. The molecule has 0 saturated heterocycles. The van der Waals surface area contributed by atoms with Crippen LogP contribution in [0.2, 0.25) is 5.02 Å². The largest absolute Gasteiger partial charge is 0.399 e. The Kier molecular flexibility index (Phi) is 3.80. The monoisotopic (exact) mass is 301 g/mol. The molecule has 1 aliphatic carbocycles. The molecule has 1 aromatic carbocycles. The topological polar surface area (TPSA) is 59.2 Å². The van der Waals surface area contributed by atoms with Crippen molar-refractivity contribution in [1.29, 1.82) is 0 Å². The van der Waals surface area contributed by atoms with Gasteiger partial charge in [-0.1, -0.05) is 17.7 Å². The number of anilines is 1. The second-order valence-corrected chi connectivity index (χ2v) is 5.63. The van der Waals surface area contributed by atoms with Gasteiger partial charge in [0, 0.05) is 17.9 Å². The van der Waals surface area contributed by atoms with Gasteiger partial charge in [-0.3, -0.25) is 9.78 Å². The van der Waals surface area contributed by atoms with Gasteiger partial charge in [0.2, 0.25) is 0 Å². The number of amides is 1. The lowest BCUT2D eigenvalue weighted by atomic mass is 10.1. The fourth-order valence-electron chi connectivity index (χ4n) is 2.28. The Morgan fingerprint density at radius 1 is 1.33 bits per heavy atom. The van der Waals surface area contributed by atoms with E-state index in [1.165, 1.54) is 0 Å². The third-order valence-electron chi connectivity index (χ3n) is 3.53. The number of nitrogens with two attached hydrogens (primary N) is 1. The maximum atomic E-state index is 12.8. The lowest BCUT2D eigenvalue weighted by Gasteiger charge is -2.22. The molecule has 2 N–H and O–H groups in total. The first-order chi connectivity index (χ1) is 10.1.